The van der Waals surface area contributed by atoms with Gasteiger partial charge in [-0.05, 0) is 47.5 Å². The summed E-state index contributed by atoms with van der Waals surface area (Å²) in [5, 5.41) is 5.57. The number of carbonyl (C=O) groups excluding carboxylic acids is 2. The summed E-state index contributed by atoms with van der Waals surface area (Å²) in [7, 11) is 0. The van der Waals surface area contributed by atoms with Gasteiger partial charge in [0.1, 0.15) is 11.5 Å². The predicted molar refractivity (Wildman–Crippen MR) is 137 cm³/mol. The van der Waals surface area contributed by atoms with Crippen molar-refractivity contribution in [3.8, 4) is 11.5 Å². The van der Waals surface area contributed by atoms with Crippen molar-refractivity contribution >= 4 is 35.0 Å². The van der Waals surface area contributed by atoms with Gasteiger partial charge in [0.25, 0.3) is 5.91 Å². The molecule has 0 unspecified atom stereocenters. The Morgan fingerprint density at radius 1 is 0.944 bits per heavy atom. The summed E-state index contributed by atoms with van der Waals surface area (Å²) in [4.78, 5) is 33.4. The zero-order valence-electron chi connectivity index (χ0n) is 19.4. The number of nitrogens with zero attached hydrogens (tertiary/aromatic N) is 1. The van der Waals surface area contributed by atoms with E-state index < -0.39 is 11.8 Å². The van der Waals surface area contributed by atoms with Crippen LogP contribution < -0.4 is 20.1 Å². The van der Waals surface area contributed by atoms with Crippen molar-refractivity contribution in [3.63, 3.8) is 0 Å². The predicted octanol–water partition coefficient (Wildman–Crippen LogP) is 3.82. The number of nitrogens with one attached hydrogen (secondary N) is 3. The molecule has 0 bridgehead atoms. The van der Waals surface area contributed by atoms with Crippen molar-refractivity contribution in [2.75, 3.05) is 13.3 Å². The minimum atomic E-state index is -0.418. The van der Waals surface area contributed by atoms with Crippen LogP contribution in [0.4, 0.5) is 0 Å². The third-order valence-corrected chi connectivity index (χ3v) is 5.52. The summed E-state index contributed by atoms with van der Waals surface area (Å²) in [6.45, 7) is 0.492. The molecule has 0 saturated carbocycles. The van der Waals surface area contributed by atoms with E-state index in [4.69, 9.17) is 9.47 Å². The van der Waals surface area contributed by atoms with Crippen molar-refractivity contribution in [1.82, 2.24) is 20.6 Å². The van der Waals surface area contributed by atoms with Gasteiger partial charge in [-0.15, -0.1) is 0 Å². The number of aromatic amines is 1. The molecule has 0 spiro atoms. The lowest BCUT2D eigenvalue weighted by Gasteiger charge is -2.10. The average molecular weight is 481 g/mol. The largest absolute Gasteiger partial charge is 0.454 e. The molecular formula is C28H24N4O4. The molecule has 8 nitrogen and oxygen atoms in total. The fourth-order valence-corrected chi connectivity index (χ4v) is 3.75. The first-order valence-corrected chi connectivity index (χ1v) is 11.5. The number of hydrogen-bond donors (Lipinski definition) is 3. The van der Waals surface area contributed by atoms with Gasteiger partial charge in [-0.3, -0.25) is 9.59 Å². The monoisotopic (exact) mass is 480 g/mol. The number of amides is 2. The van der Waals surface area contributed by atoms with E-state index in [1.807, 2.05) is 54.6 Å². The Hall–Kier alpha value is -4.85. The van der Waals surface area contributed by atoms with Crippen LogP contribution in [0.5, 0.6) is 11.5 Å². The molecule has 1 aliphatic rings. The number of benzene rings is 3. The zero-order valence-corrected chi connectivity index (χ0v) is 19.4. The van der Waals surface area contributed by atoms with Crippen LogP contribution in [0.25, 0.3) is 23.2 Å². The number of rotatable bonds is 8. The molecule has 0 saturated heterocycles. The van der Waals surface area contributed by atoms with E-state index in [9.17, 15) is 9.59 Å². The lowest BCUT2D eigenvalue weighted by Crippen LogP contribution is -2.35. The lowest BCUT2D eigenvalue weighted by atomic mass is 10.1. The summed E-state index contributed by atoms with van der Waals surface area (Å²) < 4.78 is 10.8. The van der Waals surface area contributed by atoms with Gasteiger partial charge in [-0.1, -0.05) is 48.5 Å². The van der Waals surface area contributed by atoms with Crippen LogP contribution in [0.15, 0.2) is 84.6 Å². The van der Waals surface area contributed by atoms with E-state index in [0.29, 0.717) is 30.0 Å². The van der Waals surface area contributed by atoms with Gasteiger partial charge in [-0.25, -0.2) is 4.98 Å². The first-order chi connectivity index (χ1) is 17.6. The molecule has 2 amide bonds. The second-order valence-electron chi connectivity index (χ2n) is 8.11. The molecule has 8 heteroatoms. The zero-order chi connectivity index (χ0) is 24.7. The molecule has 1 aromatic heterocycles. The topological polar surface area (TPSA) is 105 Å². The maximum absolute atomic E-state index is 13.0. The highest BCUT2D eigenvalue weighted by Crippen LogP contribution is 2.33. The second-order valence-corrected chi connectivity index (χ2v) is 8.11. The minimum Gasteiger partial charge on any atom is -0.454 e. The third-order valence-electron chi connectivity index (χ3n) is 5.52. The first-order valence-electron chi connectivity index (χ1n) is 11.5. The molecule has 2 heterocycles. The molecule has 36 heavy (non-hydrogen) atoms. The average Bonchev–Trinajstić information content (AvgIpc) is 3.54. The Morgan fingerprint density at radius 2 is 1.75 bits per heavy atom. The molecule has 3 aromatic carbocycles. The number of para-hydroxylation sites is 2. The van der Waals surface area contributed by atoms with Gasteiger partial charge in [0, 0.05) is 19.0 Å². The van der Waals surface area contributed by atoms with E-state index in [1.165, 1.54) is 6.08 Å². The first kappa shape index (κ1) is 22.9. The Balaban J connectivity index is 1.29. The molecule has 0 atom stereocenters. The minimum absolute atomic E-state index is 0.112. The maximum atomic E-state index is 13.0. The molecule has 0 radical (unpaired) electrons. The normalized spacial score (nSPS) is 12.7. The van der Waals surface area contributed by atoms with Gasteiger partial charge in [0.05, 0.1) is 11.0 Å². The van der Waals surface area contributed by atoms with Crippen LogP contribution in [0.2, 0.25) is 0 Å². The molecule has 4 aromatic rings. The van der Waals surface area contributed by atoms with Gasteiger partial charge in [0.15, 0.2) is 11.5 Å². The summed E-state index contributed by atoms with van der Waals surface area (Å²) >= 11 is 0. The Morgan fingerprint density at radius 3 is 2.61 bits per heavy atom. The number of H-pyrrole nitrogens is 1. The van der Waals surface area contributed by atoms with Crippen LogP contribution >= 0.6 is 0 Å². The SMILES string of the molecule is O=C(C=Cc1ccccc1)NC(=Cc1ccc2c(c1)OCO2)C(=O)NCCc1nc2ccccc2[nH]1. The van der Waals surface area contributed by atoms with Crippen molar-refractivity contribution in [2.45, 2.75) is 6.42 Å². The molecule has 3 N–H and O–H groups in total. The fraction of sp³-hybridized carbons (Fsp3) is 0.107. The highest BCUT2D eigenvalue weighted by Gasteiger charge is 2.16. The van der Waals surface area contributed by atoms with Crippen LogP contribution in [0, 0.1) is 0 Å². The van der Waals surface area contributed by atoms with E-state index in [-0.39, 0.29) is 12.5 Å². The molecule has 1 aliphatic heterocycles. The molecule has 0 fully saturated rings. The Labute approximate surface area is 207 Å². The van der Waals surface area contributed by atoms with E-state index in [2.05, 4.69) is 20.6 Å². The van der Waals surface area contributed by atoms with Crippen LogP contribution in [0.1, 0.15) is 17.0 Å². The fourth-order valence-electron chi connectivity index (χ4n) is 3.75. The highest BCUT2D eigenvalue weighted by atomic mass is 16.7. The molecule has 0 aliphatic carbocycles. The van der Waals surface area contributed by atoms with Crippen molar-refractivity contribution in [1.29, 1.82) is 0 Å². The quantitative estimate of drug-likeness (QED) is 0.333. The maximum Gasteiger partial charge on any atom is 0.267 e. The number of fused-ring (bicyclic) bond motifs is 2. The van der Waals surface area contributed by atoms with Crippen molar-refractivity contribution < 1.29 is 19.1 Å². The van der Waals surface area contributed by atoms with Crippen molar-refractivity contribution in [2.24, 2.45) is 0 Å². The summed E-state index contributed by atoms with van der Waals surface area (Å²) in [5.74, 6) is 1.17. The van der Waals surface area contributed by atoms with Crippen LogP contribution in [-0.2, 0) is 16.0 Å². The number of imidazole rings is 1. The second kappa shape index (κ2) is 10.6. The van der Waals surface area contributed by atoms with Crippen LogP contribution in [-0.4, -0.2) is 35.1 Å². The molecule has 5 rings (SSSR count). The summed E-state index contributed by atoms with van der Waals surface area (Å²) in [6, 6.07) is 22.5. The van der Waals surface area contributed by atoms with Crippen LogP contribution in [0.3, 0.4) is 0 Å². The van der Waals surface area contributed by atoms with Gasteiger partial charge < -0.3 is 25.1 Å². The highest BCUT2D eigenvalue weighted by molar-refractivity contribution is 6.04. The molecular weight excluding hydrogens is 456 g/mol. The third kappa shape index (κ3) is 5.61. The van der Waals surface area contributed by atoms with E-state index >= 15 is 0 Å². The molecule has 180 valence electrons. The number of hydrogen-bond acceptors (Lipinski definition) is 5. The van der Waals surface area contributed by atoms with Gasteiger partial charge in [-0.2, -0.15) is 0 Å². The van der Waals surface area contributed by atoms with Crippen molar-refractivity contribution in [3.05, 3.63) is 102 Å². The summed E-state index contributed by atoms with van der Waals surface area (Å²) in [6.07, 6.45) is 5.20. The van der Waals surface area contributed by atoms with Gasteiger partial charge in [0.2, 0.25) is 12.7 Å². The Bertz CT molecular complexity index is 1420. The van der Waals surface area contributed by atoms with E-state index in [1.54, 1.807) is 30.4 Å². The smallest absolute Gasteiger partial charge is 0.267 e. The number of carbonyl (C=O) groups is 2. The van der Waals surface area contributed by atoms with E-state index in [0.717, 1.165) is 22.4 Å². The standard InChI is InChI=1S/C28H24N4O4/c33-27(13-11-19-6-2-1-3-7-19)32-23(16-20-10-12-24-25(17-20)36-18-35-24)28(34)29-15-14-26-30-21-8-4-5-9-22(21)31-26/h1-13,16-17H,14-15,18H2,(H,29,34)(H,30,31)(H,32,33). The number of ether oxygens (including phenoxy) is 2. The number of aromatic nitrogens is 2. The Kier molecular flexibility index (Phi) is 6.75. The van der Waals surface area contributed by atoms with Gasteiger partial charge >= 0.3 is 0 Å². The summed E-state index contributed by atoms with van der Waals surface area (Å²) in [5.41, 5.74) is 3.50. The lowest BCUT2D eigenvalue weighted by molar-refractivity contribution is -0.121.